The molecule has 3 N–H and O–H groups in total. The molecule has 0 aliphatic rings. The molecule has 1 aromatic carbocycles. The predicted octanol–water partition coefficient (Wildman–Crippen LogP) is 1.86. The topological polar surface area (TPSA) is 106 Å². The summed E-state index contributed by atoms with van der Waals surface area (Å²) in [5.74, 6) is 0.273. The Balaban J connectivity index is 2.14. The highest BCUT2D eigenvalue weighted by Gasteiger charge is 2.15. The van der Waals surface area contributed by atoms with Crippen LogP contribution in [0, 0.1) is 0 Å². The molecule has 1 rings (SSSR count). The quantitative estimate of drug-likeness (QED) is 0.440. The summed E-state index contributed by atoms with van der Waals surface area (Å²) in [6.45, 7) is 6.07. The summed E-state index contributed by atoms with van der Waals surface area (Å²) in [6.07, 6.45) is 2.69. The Morgan fingerprint density at radius 3 is 2.21 bits per heavy atom. The first-order chi connectivity index (χ1) is 13.2. The first-order valence-corrected chi connectivity index (χ1v) is 9.03. The molecule has 0 saturated carbocycles. The smallest absolute Gasteiger partial charge is 0.407 e. The molecule has 0 aromatic heterocycles. The lowest BCUT2D eigenvalue weighted by Gasteiger charge is -2.19. The monoisotopic (exact) mass is 391 g/mol. The van der Waals surface area contributed by atoms with Gasteiger partial charge in [0.25, 0.3) is 0 Å². The predicted molar refractivity (Wildman–Crippen MR) is 107 cm³/mol. The van der Waals surface area contributed by atoms with Crippen LogP contribution in [0.2, 0.25) is 0 Å². The molecule has 0 unspecified atom stereocenters. The fourth-order valence-corrected chi connectivity index (χ4v) is 2.01. The van der Waals surface area contributed by atoms with E-state index in [0.29, 0.717) is 13.1 Å². The van der Waals surface area contributed by atoms with Crippen LogP contribution in [0.5, 0.6) is 5.75 Å². The van der Waals surface area contributed by atoms with Crippen LogP contribution in [-0.2, 0) is 14.3 Å². The van der Waals surface area contributed by atoms with Crippen molar-refractivity contribution in [2.45, 2.75) is 32.8 Å². The zero-order valence-electron chi connectivity index (χ0n) is 16.8. The zero-order valence-corrected chi connectivity index (χ0v) is 16.8. The highest BCUT2D eigenvalue weighted by atomic mass is 16.6. The van der Waals surface area contributed by atoms with Crippen LogP contribution < -0.4 is 20.7 Å². The molecule has 8 nitrogen and oxygen atoms in total. The number of alkyl carbamates (subject to hydrolysis) is 1. The van der Waals surface area contributed by atoms with Crippen LogP contribution in [0.15, 0.2) is 30.3 Å². The van der Waals surface area contributed by atoms with Crippen LogP contribution in [0.4, 0.5) is 4.79 Å². The van der Waals surface area contributed by atoms with Crippen LogP contribution >= 0.6 is 0 Å². The normalized spacial score (nSPS) is 11.0. The van der Waals surface area contributed by atoms with Crippen molar-refractivity contribution in [3.63, 3.8) is 0 Å². The number of carbonyl (C=O) groups is 3. The van der Waals surface area contributed by atoms with E-state index >= 15 is 0 Å². The number of hydrogen-bond acceptors (Lipinski definition) is 5. The summed E-state index contributed by atoms with van der Waals surface area (Å²) < 4.78 is 10.1. The second-order valence-electron chi connectivity index (χ2n) is 6.93. The molecule has 0 atom stereocenters. The largest absolute Gasteiger partial charge is 0.497 e. The fraction of sp³-hybridized carbons (Fsp3) is 0.450. The number of hydrogen-bond donors (Lipinski definition) is 3. The van der Waals surface area contributed by atoms with E-state index in [4.69, 9.17) is 9.47 Å². The molecule has 154 valence electrons. The van der Waals surface area contributed by atoms with Crippen LogP contribution in [0.25, 0.3) is 6.08 Å². The third kappa shape index (κ3) is 10.8. The Labute approximate surface area is 165 Å². The minimum absolute atomic E-state index is 0.130. The molecular weight excluding hydrogens is 362 g/mol. The van der Waals surface area contributed by atoms with Gasteiger partial charge in [-0.3, -0.25) is 9.59 Å². The Bertz CT molecular complexity index is 678. The Morgan fingerprint density at radius 2 is 1.61 bits per heavy atom. The van der Waals surface area contributed by atoms with E-state index in [1.807, 2.05) is 24.3 Å². The summed E-state index contributed by atoms with van der Waals surface area (Å²) >= 11 is 0. The van der Waals surface area contributed by atoms with E-state index in [0.717, 1.165) is 11.3 Å². The molecule has 3 amide bonds. The summed E-state index contributed by atoms with van der Waals surface area (Å²) in [5.41, 5.74) is 0.300. The SMILES string of the molecule is COc1ccc(/C=C/C(=O)NCCNC(=O)CCNC(=O)OC(C)(C)C)cc1. The highest BCUT2D eigenvalue weighted by Crippen LogP contribution is 2.12. The molecule has 0 aliphatic carbocycles. The minimum atomic E-state index is -0.577. The summed E-state index contributed by atoms with van der Waals surface area (Å²) in [5, 5.41) is 7.85. The first-order valence-electron chi connectivity index (χ1n) is 9.03. The lowest BCUT2D eigenvalue weighted by molar-refractivity contribution is -0.121. The number of benzene rings is 1. The van der Waals surface area contributed by atoms with E-state index in [2.05, 4.69) is 16.0 Å². The van der Waals surface area contributed by atoms with Gasteiger partial charge in [0.2, 0.25) is 11.8 Å². The molecule has 1 aromatic rings. The molecule has 28 heavy (non-hydrogen) atoms. The van der Waals surface area contributed by atoms with Gasteiger partial charge in [-0.05, 0) is 44.5 Å². The van der Waals surface area contributed by atoms with Crippen molar-refractivity contribution in [2.75, 3.05) is 26.7 Å². The van der Waals surface area contributed by atoms with Crippen LogP contribution in [-0.4, -0.2) is 50.3 Å². The zero-order chi connectivity index (χ0) is 21.0. The molecule has 0 saturated heterocycles. The summed E-state index contributed by atoms with van der Waals surface area (Å²) in [7, 11) is 1.59. The van der Waals surface area contributed by atoms with Crippen molar-refractivity contribution in [3.05, 3.63) is 35.9 Å². The van der Waals surface area contributed by atoms with Gasteiger partial charge < -0.3 is 25.4 Å². The van der Waals surface area contributed by atoms with E-state index in [-0.39, 0.29) is 24.8 Å². The molecular formula is C20H29N3O5. The number of rotatable bonds is 9. The molecule has 0 fully saturated rings. The molecule has 8 heteroatoms. The minimum Gasteiger partial charge on any atom is -0.497 e. The van der Waals surface area contributed by atoms with Crippen molar-refractivity contribution in [1.82, 2.24) is 16.0 Å². The average molecular weight is 391 g/mol. The number of carbonyl (C=O) groups excluding carboxylic acids is 3. The lowest BCUT2D eigenvalue weighted by Crippen LogP contribution is -2.37. The van der Waals surface area contributed by atoms with Crippen LogP contribution in [0.3, 0.4) is 0 Å². The van der Waals surface area contributed by atoms with Gasteiger partial charge in [-0.15, -0.1) is 0 Å². The summed E-state index contributed by atoms with van der Waals surface area (Å²) in [4.78, 5) is 34.9. The molecule has 0 aliphatic heterocycles. The maximum atomic E-state index is 11.7. The number of ether oxygens (including phenoxy) is 2. The van der Waals surface area contributed by atoms with Gasteiger partial charge in [0, 0.05) is 32.1 Å². The number of nitrogens with one attached hydrogen (secondary N) is 3. The van der Waals surface area contributed by atoms with E-state index < -0.39 is 11.7 Å². The maximum Gasteiger partial charge on any atom is 0.407 e. The van der Waals surface area contributed by atoms with Crippen molar-refractivity contribution in [1.29, 1.82) is 0 Å². The van der Waals surface area contributed by atoms with Gasteiger partial charge in [0.15, 0.2) is 0 Å². The average Bonchev–Trinajstić information content (AvgIpc) is 2.62. The Kier molecular flexibility index (Phi) is 9.56. The second kappa shape index (κ2) is 11.6. The third-order valence-corrected chi connectivity index (χ3v) is 3.31. The molecule has 0 radical (unpaired) electrons. The van der Waals surface area contributed by atoms with Gasteiger partial charge in [-0.2, -0.15) is 0 Å². The van der Waals surface area contributed by atoms with E-state index in [1.165, 1.54) is 6.08 Å². The van der Waals surface area contributed by atoms with Crippen molar-refractivity contribution in [3.8, 4) is 5.75 Å². The third-order valence-electron chi connectivity index (χ3n) is 3.31. The molecule has 0 bridgehead atoms. The van der Waals surface area contributed by atoms with Gasteiger partial charge in [0.05, 0.1) is 7.11 Å². The standard InChI is InChI=1S/C20H29N3O5/c1-20(2,3)28-19(26)23-12-11-18(25)22-14-13-21-17(24)10-7-15-5-8-16(27-4)9-6-15/h5-10H,11-14H2,1-4H3,(H,21,24)(H,22,25)(H,23,26)/b10-7+. The van der Waals surface area contributed by atoms with Crippen molar-refractivity contribution in [2.24, 2.45) is 0 Å². The maximum absolute atomic E-state index is 11.7. The lowest BCUT2D eigenvalue weighted by atomic mass is 10.2. The molecule has 0 heterocycles. The van der Waals surface area contributed by atoms with Crippen molar-refractivity contribution >= 4 is 24.0 Å². The fourth-order valence-electron chi connectivity index (χ4n) is 2.01. The highest BCUT2D eigenvalue weighted by molar-refractivity contribution is 5.91. The Morgan fingerprint density at radius 1 is 0.964 bits per heavy atom. The molecule has 0 spiro atoms. The van der Waals surface area contributed by atoms with Gasteiger partial charge in [0.1, 0.15) is 11.4 Å². The van der Waals surface area contributed by atoms with E-state index in [1.54, 1.807) is 34.0 Å². The summed E-state index contributed by atoms with van der Waals surface area (Å²) in [6, 6.07) is 7.30. The first kappa shape index (κ1) is 23.0. The second-order valence-corrected chi connectivity index (χ2v) is 6.93. The number of methoxy groups -OCH3 is 1. The van der Waals surface area contributed by atoms with Gasteiger partial charge >= 0.3 is 6.09 Å². The Hall–Kier alpha value is -3.03. The van der Waals surface area contributed by atoms with Crippen molar-refractivity contribution < 1.29 is 23.9 Å². The van der Waals surface area contributed by atoms with Gasteiger partial charge in [-0.1, -0.05) is 12.1 Å². The van der Waals surface area contributed by atoms with E-state index in [9.17, 15) is 14.4 Å². The van der Waals surface area contributed by atoms with Crippen LogP contribution in [0.1, 0.15) is 32.8 Å². The van der Waals surface area contributed by atoms with Gasteiger partial charge in [-0.25, -0.2) is 4.79 Å². The number of amides is 3.